The zero-order chi connectivity index (χ0) is 17.8. The fourth-order valence-corrected chi connectivity index (χ4v) is 3.28. The molecule has 3 rings (SSSR count). The van der Waals surface area contributed by atoms with E-state index in [1.165, 1.54) is 16.2 Å². The van der Waals surface area contributed by atoms with Gasteiger partial charge in [-0.15, -0.1) is 11.3 Å². The van der Waals surface area contributed by atoms with Crippen molar-refractivity contribution in [1.29, 1.82) is 0 Å². The van der Waals surface area contributed by atoms with Gasteiger partial charge >= 0.3 is 6.03 Å². The number of hydrogen-bond donors (Lipinski definition) is 2. The van der Waals surface area contributed by atoms with Gasteiger partial charge in [-0.3, -0.25) is 14.5 Å². The first-order valence-electron chi connectivity index (χ1n) is 7.94. The van der Waals surface area contributed by atoms with Gasteiger partial charge in [0.15, 0.2) is 5.13 Å². The third kappa shape index (κ3) is 3.85. The van der Waals surface area contributed by atoms with Crippen molar-refractivity contribution in [3.05, 3.63) is 47.5 Å². The van der Waals surface area contributed by atoms with Crippen molar-refractivity contribution in [3.8, 4) is 0 Å². The second-order valence-corrected chi connectivity index (χ2v) is 6.62. The Morgan fingerprint density at radius 3 is 2.80 bits per heavy atom. The van der Waals surface area contributed by atoms with Crippen molar-refractivity contribution in [1.82, 2.24) is 15.2 Å². The minimum absolute atomic E-state index is 0.129. The Balaban J connectivity index is 1.58. The summed E-state index contributed by atoms with van der Waals surface area (Å²) in [6.07, 6.45) is 1.98. The maximum absolute atomic E-state index is 12.6. The number of nitrogens with zero attached hydrogens (tertiary/aromatic N) is 2. The second-order valence-electron chi connectivity index (χ2n) is 5.72. The molecule has 1 aliphatic heterocycles. The zero-order valence-electron chi connectivity index (χ0n) is 13.6. The molecule has 0 bridgehead atoms. The van der Waals surface area contributed by atoms with Crippen LogP contribution in [0.2, 0.25) is 0 Å². The summed E-state index contributed by atoms with van der Waals surface area (Å²) in [7, 11) is 0. The normalized spacial score (nSPS) is 18.1. The van der Waals surface area contributed by atoms with Crippen LogP contribution >= 0.6 is 11.3 Å². The monoisotopic (exact) mass is 358 g/mol. The predicted octanol–water partition coefficient (Wildman–Crippen LogP) is 2.54. The van der Waals surface area contributed by atoms with Crippen molar-refractivity contribution in [2.75, 3.05) is 5.32 Å². The van der Waals surface area contributed by atoms with Crippen molar-refractivity contribution >= 4 is 34.3 Å². The van der Waals surface area contributed by atoms with Gasteiger partial charge in [0.25, 0.3) is 5.91 Å². The molecule has 1 fully saturated rings. The highest BCUT2D eigenvalue weighted by molar-refractivity contribution is 7.13. The van der Waals surface area contributed by atoms with Crippen LogP contribution in [-0.2, 0) is 9.59 Å². The first-order valence-corrected chi connectivity index (χ1v) is 8.82. The van der Waals surface area contributed by atoms with Gasteiger partial charge in [-0.25, -0.2) is 9.78 Å². The van der Waals surface area contributed by atoms with E-state index in [0.717, 1.165) is 5.56 Å². The highest BCUT2D eigenvalue weighted by Crippen LogP contribution is 2.25. The van der Waals surface area contributed by atoms with Crippen LogP contribution in [0.4, 0.5) is 9.93 Å². The maximum Gasteiger partial charge on any atom is 0.325 e. The van der Waals surface area contributed by atoms with Crippen molar-refractivity contribution in [2.24, 2.45) is 0 Å². The summed E-state index contributed by atoms with van der Waals surface area (Å²) in [5.41, 5.74) is 0.883. The van der Waals surface area contributed by atoms with Crippen LogP contribution in [0.5, 0.6) is 0 Å². The van der Waals surface area contributed by atoms with E-state index in [1.807, 2.05) is 37.3 Å². The predicted molar refractivity (Wildman–Crippen MR) is 94.0 cm³/mol. The molecule has 1 aromatic carbocycles. The number of benzene rings is 1. The van der Waals surface area contributed by atoms with Gasteiger partial charge in [0.1, 0.15) is 6.04 Å². The lowest BCUT2D eigenvalue weighted by molar-refractivity contribution is -0.129. The lowest BCUT2D eigenvalue weighted by Gasteiger charge is -2.21. The summed E-state index contributed by atoms with van der Waals surface area (Å²) >= 11 is 1.32. The summed E-state index contributed by atoms with van der Waals surface area (Å²) in [5, 5.41) is 7.61. The topological polar surface area (TPSA) is 91.4 Å². The molecule has 130 valence electrons. The van der Waals surface area contributed by atoms with Gasteiger partial charge in [-0.2, -0.15) is 0 Å². The van der Waals surface area contributed by atoms with E-state index in [4.69, 9.17) is 0 Å². The van der Waals surface area contributed by atoms with E-state index in [0.29, 0.717) is 5.13 Å². The van der Waals surface area contributed by atoms with Crippen LogP contribution in [-0.4, -0.2) is 33.8 Å². The Kier molecular flexibility index (Phi) is 5.08. The Morgan fingerprint density at radius 2 is 2.12 bits per heavy atom. The summed E-state index contributed by atoms with van der Waals surface area (Å²) in [6, 6.07) is 7.90. The second kappa shape index (κ2) is 7.43. The number of nitrogens with one attached hydrogen (secondary N) is 2. The molecule has 2 N–H and O–H groups in total. The molecule has 2 atom stereocenters. The van der Waals surface area contributed by atoms with Crippen molar-refractivity contribution in [2.45, 2.75) is 31.8 Å². The number of carbonyl (C=O) groups is 3. The maximum atomic E-state index is 12.6. The number of amides is 4. The number of carbonyl (C=O) groups excluding carboxylic acids is 3. The molecule has 0 unspecified atom stereocenters. The van der Waals surface area contributed by atoms with Gasteiger partial charge in [0.2, 0.25) is 5.91 Å². The van der Waals surface area contributed by atoms with Gasteiger partial charge in [-0.1, -0.05) is 30.3 Å². The van der Waals surface area contributed by atoms with Crippen LogP contribution < -0.4 is 10.6 Å². The Hall–Kier alpha value is -2.74. The summed E-state index contributed by atoms with van der Waals surface area (Å²) in [6.45, 7) is 1.81. The fraction of sp³-hybridized carbons (Fsp3) is 0.294. The molecule has 4 amide bonds. The molecule has 0 radical (unpaired) electrons. The van der Waals surface area contributed by atoms with E-state index in [1.54, 1.807) is 11.6 Å². The number of aromatic nitrogens is 1. The van der Waals surface area contributed by atoms with Crippen LogP contribution in [0.15, 0.2) is 41.9 Å². The average molecular weight is 358 g/mol. The standard InChI is InChI=1S/C17H18N4O3S/c1-11(12-5-3-2-4-6-12)21-15(23)13(19-17(21)24)7-8-14(22)20-16-18-9-10-25-16/h2-6,9-11,13H,7-8H2,1H3,(H,19,24)(H,18,20,22)/t11-,13-/m0/s1. The Morgan fingerprint density at radius 1 is 1.36 bits per heavy atom. The molecule has 1 aromatic heterocycles. The summed E-state index contributed by atoms with van der Waals surface area (Å²) in [5.74, 6) is -0.532. The molecule has 0 saturated carbocycles. The van der Waals surface area contributed by atoms with Gasteiger partial charge in [0, 0.05) is 18.0 Å². The van der Waals surface area contributed by atoms with Crippen LogP contribution in [0.1, 0.15) is 31.4 Å². The van der Waals surface area contributed by atoms with Crippen LogP contribution in [0, 0.1) is 0 Å². The van der Waals surface area contributed by atoms with E-state index >= 15 is 0 Å². The Labute approximate surface area is 149 Å². The molecule has 8 heteroatoms. The summed E-state index contributed by atoms with van der Waals surface area (Å²) in [4.78, 5) is 41.9. The number of anilines is 1. The lowest BCUT2D eigenvalue weighted by atomic mass is 10.1. The lowest BCUT2D eigenvalue weighted by Crippen LogP contribution is -2.34. The quantitative estimate of drug-likeness (QED) is 0.776. The molecule has 1 saturated heterocycles. The third-order valence-corrected chi connectivity index (χ3v) is 4.75. The number of hydrogen-bond acceptors (Lipinski definition) is 5. The molecule has 2 heterocycles. The highest BCUT2D eigenvalue weighted by Gasteiger charge is 2.40. The number of thiazole rings is 1. The molecule has 25 heavy (non-hydrogen) atoms. The van der Waals surface area contributed by atoms with Crippen molar-refractivity contribution in [3.63, 3.8) is 0 Å². The minimum Gasteiger partial charge on any atom is -0.326 e. The van der Waals surface area contributed by atoms with Gasteiger partial charge < -0.3 is 10.6 Å². The van der Waals surface area contributed by atoms with Crippen LogP contribution in [0.25, 0.3) is 0 Å². The number of imide groups is 1. The molecular formula is C17H18N4O3S. The third-order valence-electron chi connectivity index (χ3n) is 4.06. The van der Waals surface area contributed by atoms with Crippen molar-refractivity contribution < 1.29 is 14.4 Å². The largest absolute Gasteiger partial charge is 0.326 e. The van der Waals surface area contributed by atoms with E-state index < -0.39 is 12.1 Å². The van der Waals surface area contributed by atoms with E-state index in [2.05, 4.69) is 15.6 Å². The summed E-state index contributed by atoms with van der Waals surface area (Å²) < 4.78 is 0. The number of urea groups is 1. The molecule has 7 nitrogen and oxygen atoms in total. The SMILES string of the molecule is C[C@@H](c1ccccc1)N1C(=O)N[C@@H](CCC(=O)Nc2nccs2)C1=O. The first-order chi connectivity index (χ1) is 12.1. The minimum atomic E-state index is -0.680. The fourth-order valence-electron chi connectivity index (χ4n) is 2.73. The zero-order valence-corrected chi connectivity index (χ0v) is 14.5. The van der Waals surface area contributed by atoms with E-state index in [-0.39, 0.29) is 30.7 Å². The molecular weight excluding hydrogens is 340 g/mol. The molecule has 1 aliphatic rings. The Bertz CT molecular complexity index is 763. The van der Waals surface area contributed by atoms with E-state index in [9.17, 15) is 14.4 Å². The molecule has 0 aliphatic carbocycles. The van der Waals surface area contributed by atoms with Gasteiger partial charge in [0.05, 0.1) is 6.04 Å². The highest BCUT2D eigenvalue weighted by atomic mass is 32.1. The number of rotatable bonds is 6. The smallest absolute Gasteiger partial charge is 0.325 e. The molecule has 0 spiro atoms. The average Bonchev–Trinajstić information content (AvgIpc) is 3.21. The van der Waals surface area contributed by atoms with Gasteiger partial charge in [-0.05, 0) is 18.9 Å². The van der Waals surface area contributed by atoms with Crippen LogP contribution in [0.3, 0.4) is 0 Å². The molecule has 2 aromatic rings. The first kappa shape index (κ1) is 17.1.